The van der Waals surface area contributed by atoms with Gasteiger partial charge in [0.2, 0.25) is 11.8 Å². The lowest BCUT2D eigenvalue weighted by Crippen LogP contribution is -2.49. The summed E-state index contributed by atoms with van der Waals surface area (Å²) in [7, 11) is 0. The van der Waals surface area contributed by atoms with Gasteiger partial charge in [0.15, 0.2) is 0 Å². The molecular formula is C20H30FN3O3S. The number of hydrogen-bond donors (Lipinski definition) is 2. The molecule has 2 rings (SSSR count). The maximum atomic E-state index is 12.9. The first-order valence-corrected chi connectivity index (χ1v) is 10.8. The Labute approximate surface area is 170 Å². The van der Waals surface area contributed by atoms with Crippen molar-refractivity contribution in [2.24, 2.45) is 5.92 Å². The molecule has 28 heavy (non-hydrogen) atoms. The summed E-state index contributed by atoms with van der Waals surface area (Å²) >= 11 is 1.26. The number of nitrogens with zero attached hydrogens (tertiary/aromatic N) is 1. The van der Waals surface area contributed by atoms with Crippen LogP contribution in [-0.2, 0) is 14.3 Å². The third-order valence-electron chi connectivity index (χ3n) is 4.43. The van der Waals surface area contributed by atoms with Gasteiger partial charge in [0.05, 0.1) is 24.7 Å². The summed E-state index contributed by atoms with van der Waals surface area (Å²) in [6.07, 6.45) is 1.02. The third-order valence-corrected chi connectivity index (χ3v) is 5.37. The summed E-state index contributed by atoms with van der Waals surface area (Å²) in [5.41, 5.74) is 0.540. The molecule has 1 unspecified atom stereocenters. The molecule has 1 atom stereocenters. The Kier molecular flexibility index (Phi) is 9.73. The number of amides is 2. The van der Waals surface area contributed by atoms with Gasteiger partial charge in [-0.25, -0.2) is 4.39 Å². The summed E-state index contributed by atoms with van der Waals surface area (Å²) in [6, 6.07) is 5.90. The lowest BCUT2D eigenvalue weighted by Gasteiger charge is -2.35. The van der Waals surface area contributed by atoms with Gasteiger partial charge in [-0.15, -0.1) is 11.8 Å². The van der Waals surface area contributed by atoms with Gasteiger partial charge in [0.25, 0.3) is 0 Å². The van der Waals surface area contributed by atoms with Crippen molar-refractivity contribution < 1.29 is 18.7 Å². The molecule has 0 aliphatic carbocycles. The van der Waals surface area contributed by atoms with Gasteiger partial charge in [-0.1, -0.05) is 13.8 Å². The number of carbonyl (C=O) groups is 2. The van der Waals surface area contributed by atoms with E-state index in [1.807, 2.05) is 0 Å². The van der Waals surface area contributed by atoms with E-state index in [0.717, 1.165) is 32.7 Å². The highest BCUT2D eigenvalue weighted by atomic mass is 32.2. The first kappa shape index (κ1) is 22.6. The number of anilines is 1. The van der Waals surface area contributed by atoms with Crippen LogP contribution in [0.3, 0.4) is 0 Å². The van der Waals surface area contributed by atoms with E-state index in [4.69, 9.17) is 4.74 Å². The first-order valence-electron chi connectivity index (χ1n) is 9.65. The van der Waals surface area contributed by atoms with Crippen molar-refractivity contribution in [3.8, 4) is 0 Å². The van der Waals surface area contributed by atoms with Gasteiger partial charge >= 0.3 is 0 Å². The van der Waals surface area contributed by atoms with Crippen LogP contribution in [0, 0.1) is 11.7 Å². The fourth-order valence-electron chi connectivity index (χ4n) is 3.10. The van der Waals surface area contributed by atoms with Crippen LogP contribution >= 0.6 is 11.8 Å². The summed E-state index contributed by atoms with van der Waals surface area (Å²) < 4.78 is 18.3. The maximum absolute atomic E-state index is 12.9. The van der Waals surface area contributed by atoms with E-state index >= 15 is 0 Å². The van der Waals surface area contributed by atoms with Crippen LogP contribution in [-0.4, -0.2) is 67.1 Å². The maximum Gasteiger partial charge on any atom is 0.234 e. The Morgan fingerprint density at radius 1 is 1.14 bits per heavy atom. The Morgan fingerprint density at radius 2 is 1.79 bits per heavy atom. The zero-order valence-corrected chi connectivity index (χ0v) is 17.4. The molecular weight excluding hydrogens is 381 g/mol. The second-order valence-electron chi connectivity index (χ2n) is 7.28. The molecule has 0 radical (unpaired) electrons. The van der Waals surface area contributed by atoms with Crippen molar-refractivity contribution in [3.05, 3.63) is 30.1 Å². The van der Waals surface area contributed by atoms with Gasteiger partial charge < -0.3 is 15.4 Å². The van der Waals surface area contributed by atoms with E-state index in [1.165, 1.54) is 36.0 Å². The van der Waals surface area contributed by atoms with E-state index in [-0.39, 0.29) is 29.1 Å². The topological polar surface area (TPSA) is 70.7 Å². The van der Waals surface area contributed by atoms with Gasteiger partial charge in [-0.3, -0.25) is 14.5 Å². The van der Waals surface area contributed by atoms with Crippen molar-refractivity contribution in [3.63, 3.8) is 0 Å². The summed E-state index contributed by atoms with van der Waals surface area (Å²) in [5.74, 6) is 0.320. The predicted octanol–water partition coefficient (Wildman–Crippen LogP) is 2.36. The zero-order chi connectivity index (χ0) is 20.4. The number of benzene rings is 1. The molecule has 1 aliphatic heterocycles. The monoisotopic (exact) mass is 411 g/mol. The lowest BCUT2D eigenvalue weighted by molar-refractivity contribution is -0.119. The average Bonchev–Trinajstić information content (AvgIpc) is 2.67. The van der Waals surface area contributed by atoms with Gasteiger partial charge in [0, 0.05) is 31.4 Å². The Morgan fingerprint density at radius 3 is 2.43 bits per heavy atom. The molecule has 2 amide bonds. The van der Waals surface area contributed by atoms with E-state index in [0.29, 0.717) is 24.2 Å². The average molecular weight is 412 g/mol. The highest BCUT2D eigenvalue weighted by Crippen LogP contribution is 2.13. The highest BCUT2D eigenvalue weighted by Gasteiger charge is 2.22. The molecule has 0 saturated carbocycles. The molecule has 8 heteroatoms. The van der Waals surface area contributed by atoms with E-state index in [2.05, 4.69) is 29.4 Å². The van der Waals surface area contributed by atoms with Crippen LogP contribution in [0.4, 0.5) is 10.1 Å². The van der Waals surface area contributed by atoms with E-state index in [1.54, 1.807) is 0 Å². The number of morpholine rings is 1. The molecule has 1 heterocycles. The number of halogens is 1. The zero-order valence-electron chi connectivity index (χ0n) is 16.6. The van der Waals surface area contributed by atoms with Crippen LogP contribution in [0.5, 0.6) is 0 Å². The molecule has 0 bridgehead atoms. The normalized spacial score (nSPS) is 16.0. The fourth-order valence-corrected chi connectivity index (χ4v) is 3.74. The van der Waals surface area contributed by atoms with E-state index < -0.39 is 0 Å². The second-order valence-corrected chi connectivity index (χ2v) is 8.27. The van der Waals surface area contributed by atoms with Crippen molar-refractivity contribution >= 4 is 29.3 Å². The van der Waals surface area contributed by atoms with Crippen LogP contribution in [0.1, 0.15) is 20.3 Å². The number of thioether (sulfide) groups is 1. The lowest BCUT2D eigenvalue weighted by atomic mass is 10.0. The molecule has 1 fully saturated rings. The molecule has 1 aromatic rings. The Bertz CT molecular complexity index is 622. The van der Waals surface area contributed by atoms with Crippen molar-refractivity contribution in [1.82, 2.24) is 10.2 Å². The fraction of sp³-hybridized carbons (Fsp3) is 0.600. The minimum Gasteiger partial charge on any atom is -0.379 e. The van der Waals surface area contributed by atoms with Crippen LogP contribution in [0.2, 0.25) is 0 Å². The summed E-state index contributed by atoms with van der Waals surface area (Å²) in [6.45, 7) is 8.25. The van der Waals surface area contributed by atoms with Crippen LogP contribution in [0.15, 0.2) is 24.3 Å². The van der Waals surface area contributed by atoms with Gasteiger partial charge in [-0.2, -0.15) is 0 Å². The number of nitrogens with one attached hydrogen (secondary N) is 2. The van der Waals surface area contributed by atoms with Gasteiger partial charge in [0.1, 0.15) is 5.82 Å². The molecule has 1 aliphatic rings. The predicted molar refractivity (Wildman–Crippen MR) is 111 cm³/mol. The number of hydrogen-bond acceptors (Lipinski definition) is 5. The van der Waals surface area contributed by atoms with Crippen molar-refractivity contribution in [1.29, 1.82) is 0 Å². The standard InChI is InChI=1S/C20H30FN3O3S/c1-15(2)11-18(24-7-9-27-10-8-24)12-22-19(25)13-28-14-20(26)23-17-5-3-16(21)4-6-17/h3-6,15,18H,7-14H2,1-2H3,(H,22,25)(H,23,26). The largest absolute Gasteiger partial charge is 0.379 e. The molecule has 0 aromatic heterocycles. The SMILES string of the molecule is CC(C)CC(CNC(=O)CSCC(=O)Nc1ccc(F)cc1)N1CCOCC1. The third kappa shape index (κ3) is 8.58. The molecule has 1 aromatic carbocycles. The molecule has 2 N–H and O–H groups in total. The van der Waals surface area contributed by atoms with Crippen molar-refractivity contribution in [2.45, 2.75) is 26.3 Å². The van der Waals surface area contributed by atoms with Gasteiger partial charge in [-0.05, 0) is 36.6 Å². The Hall–Kier alpha value is -1.64. The molecule has 1 saturated heterocycles. The smallest absolute Gasteiger partial charge is 0.234 e. The second kappa shape index (κ2) is 12.0. The summed E-state index contributed by atoms with van der Waals surface area (Å²) in [4.78, 5) is 26.4. The molecule has 6 nitrogen and oxygen atoms in total. The first-order chi connectivity index (χ1) is 13.4. The Balaban J connectivity index is 1.67. The van der Waals surface area contributed by atoms with Crippen LogP contribution in [0.25, 0.3) is 0 Å². The summed E-state index contributed by atoms with van der Waals surface area (Å²) in [5, 5.41) is 5.68. The minimum absolute atomic E-state index is 0.0680. The number of rotatable bonds is 10. The van der Waals surface area contributed by atoms with Crippen molar-refractivity contribution in [2.75, 3.05) is 49.7 Å². The quantitative estimate of drug-likeness (QED) is 0.619. The molecule has 0 spiro atoms. The highest BCUT2D eigenvalue weighted by molar-refractivity contribution is 8.00. The number of carbonyl (C=O) groups excluding carboxylic acids is 2. The minimum atomic E-state index is -0.350. The van der Waals surface area contributed by atoms with Crippen LogP contribution < -0.4 is 10.6 Å². The molecule has 156 valence electrons. The van der Waals surface area contributed by atoms with E-state index in [9.17, 15) is 14.0 Å². The number of ether oxygens (including phenoxy) is 1.